The predicted octanol–water partition coefficient (Wildman–Crippen LogP) is 3.73. The van der Waals surface area contributed by atoms with Crippen LogP contribution in [0.1, 0.15) is 16.8 Å². The van der Waals surface area contributed by atoms with Crippen molar-refractivity contribution in [3.05, 3.63) is 57.3 Å². The summed E-state index contributed by atoms with van der Waals surface area (Å²) in [6.07, 6.45) is 2.91. The zero-order valence-corrected chi connectivity index (χ0v) is 13.1. The van der Waals surface area contributed by atoms with Crippen molar-refractivity contribution < 1.29 is 9.53 Å². The van der Waals surface area contributed by atoms with Crippen LogP contribution in [0.3, 0.4) is 0 Å². The smallest absolute Gasteiger partial charge is 0.330 e. The first-order chi connectivity index (χ1) is 10.0. The summed E-state index contributed by atoms with van der Waals surface area (Å²) < 4.78 is 6.20. The first-order valence-corrected chi connectivity index (χ1v) is 7.01. The molecule has 1 heterocycles. The Morgan fingerprint density at radius 1 is 1.38 bits per heavy atom. The molecule has 1 aromatic carbocycles. The number of carbonyl (C=O) groups excluding carboxylic acids is 1. The molecule has 0 unspecified atom stereocenters. The molecule has 2 aromatic rings. The topological polar surface area (TPSA) is 44.1 Å². The van der Waals surface area contributed by atoms with Gasteiger partial charge in [-0.2, -0.15) is 5.10 Å². The van der Waals surface area contributed by atoms with Crippen LogP contribution in [0.25, 0.3) is 6.08 Å². The van der Waals surface area contributed by atoms with Crippen molar-refractivity contribution in [1.29, 1.82) is 0 Å². The van der Waals surface area contributed by atoms with E-state index in [-0.39, 0.29) is 0 Å². The van der Waals surface area contributed by atoms with Gasteiger partial charge in [0.1, 0.15) is 5.15 Å². The Morgan fingerprint density at radius 3 is 2.76 bits per heavy atom. The summed E-state index contributed by atoms with van der Waals surface area (Å²) >= 11 is 12.4. The second kappa shape index (κ2) is 6.78. The van der Waals surface area contributed by atoms with Gasteiger partial charge in [-0.25, -0.2) is 9.48 Å². The van der Waals surface area contributed by atoms with E-state index >= 15 is 0 Å². The number of hydrogen-bond donors (Lipinski definition) is 0. The van der Waals surface area contributed by atoms with Gasteiger partial charge in [0, 0.05) is 16.7 Å². The van der Waals surface area contributed by atoms with Crippen molar-refractivity contribution in [3.8, 4) is 0 Å². The third-order valence-electron chi connectivity index (χ3n) is 2.97. The van der Waals surface area contributed by atoms with E-state index < -0.39 is 5.97 Å². The lowest BCUT2D eigenvalue weighted by Crippen LogP contribution is -2.02. The Kier molecular flexibility index (Phi) is 5.04. The van der Waals surface area contributed by atoms with E-state index in [9.17, 15) is 4.79 Å². The van der Waals surface area contributed by atoms with Gasteiger partial charge in [0.05, 0.1) is 19.3 Å². The normalized spacial score (nSPS) is 11.0. The average Bonchev–Trinajstić information content (AvgIpc) is 2.73. The third-order valence-corrected chi connectivity index (χ3v) is 3.74. The second-order valence-corrected chi connectivity index (χ2v) is 5.16. The quantitative estimate of drug-likeness (QED) is 0.635. The van der Waals surface area contributed by atoms with Gasteiger partial charge in [0.15, 0.2) is 0 Å². The summed E-state index contributed by atoms with van der Waals surface area (Å²) in [5, 5.41) is 5.49. The Balaban J connectivity index is 2.29. The van der Waals surface area contributed by atoms with Gasteiger partial charge >= 0.3 is 5.97 Å². The molecule has 0 aliphatic heterocycles. The Morgan fingerprint density at radius 2 is 2.10 bits per heavy atom. The van der Waals surface area contributed by atoms with Crippen LogP contribution in [0.5, 0.6) is 0 Å². The zero-order chi connectivity index (χ0) is 15.4. The molecule has 0 radical (unpaired) electrons. The molecule has 0 fully saturated rings. The third kappa shape index (κ3) is 3.65. The lowest BCUT2D eigenvalue weighted by molar-refractivity contribution is -0.134. The Hall–Kier alpha value is -1.78. The maximum absolute atomic E-state index is 11.2. The molecule has 0 spiro atoms. The van der Waals surface area contributed by atoms with Gasteiger partial charge in [-0.15, -0.1) is 0 Å². The number of methoxy groups -OCH3 is 1. The highest BCUT2D eigenvalue weighted by atomic mass is 35.5. The second-order valence-electron chi connectivity index (χ2n) is 4.40. The molecule has 2 rings (SSSR count). The fourth-order valence-corrected chi connectivity index (χ4v) is 2.36. The van der Waals surface area contributed by atoms with Crippen LogP contribution in [0.2, 0.25) is 10.2 Å². The molecule has 1 aromatic heterocycles. The monoisotopic (exact) mass is 324 g/mol. The zero-order valence-electron chi connectivity index (χ0n) is 11.6. The summed E-state index contributed by atoms with van der Waals surface area (Å²) in [5.74, 6) is -0.440. The fourth-order valence-electron chi connectivity index (χ4n) is 1.87. The molecule has 4 nitrogen and oxygen atoms in total. The molecule has 0 saturated carbocycles. The molecular formula is C15H14Cl2N2O2. The van der Waals surface area contributed by atoms with Crippen molar-refractivity contribution in [2.45, 2.75) is 13.5 Å². The van der Waals surface area contributed by atoms with E-state index in [0.717, 1.165) is 11.3 Å². The number of benzene rings is 1. The molecule has 6 heteroatoms. The van der Waals surface area contributed by atoms with Crippen molar-refractivity contribution >= 4 is 35.2 Å². The van der Waals surface area contributed by atoms with Crippen molar-refractivity contribution in [1.82, 2.24) is 9.78 Å². The lowest BCUT2D eigenvalue weighted by Gasteiger charge is -2.05. The number of carbonyl (C=O) groups is 1. The van der Waals surface area contributed by atoms with Gasteiger partial charge in [-0.1, -0.05) is 41.4 Å². The van der Waals surface area contributed by atoms with Crippen LogP contribution in [0.4, 0.5) is 0 Å². The van der Waals surface area contributed by atoms with Gasteiger partial charge in [0.25, 0.3) is 0 Å². The summed E-state index contributed by atoms with van der Waals surface area (Å²) in [6.45, 7) is 2.29. The number of halogens is 2. The lowest BCUT2D eigenvalue weighted by atomic mass is 10.2. The SMILES string of the molecule is COC(=O)/C=C/c1c(C)nn(Cc2ccccc2Cl)c1Cl. The minimum absolute atomic E-state index is 0.440. The molecule has 0 bridgehead atoms. The van der Waals surface area contributed by atoms with Crippen LogP contribution in [-0.4, -0.2) is 22.9 Å². The molecule has 0 atom stereocenters. The largest absolute Gasteiger partial charge is 0.466 e. The van der Waals surface area contributed by atoms with Crippen LogP contribution in [0, 0.1) is 6.92 Å². The first-order valence-electron chi connectivity index (χ1n) is 6.25. The molecule has 21 heavy (non-hydrogen) atoms. The molecule has 0 amide bonds. The average molecular weight is 325 g/mol. The van der Waals surface area contributed by atoms with E-state index in [2.05, 4.69) is 9.84 Å². The summed E-state index contributed by atoms with van der Waals surface area (Å²) in [5.41, 5.74) is 2.34. The van der Waals surface area contributed by atoms with E-state index in [4.69, 9.17) is 23.2 Å². The number of hydrogen-bond acceptors (Lipinski definition) is 3. The highest BCUT2D eigenvalue weighted by Gasteiger charge is 2.12. The van der Waals surface area contributed by atoms with E-state index in [1.165, 1.54) is 13.2 Å². The van der Waals surface area contributed by atoms with Crippen molar-refractivity contribution in [2.75, 3.05) is 7.11 Å². The van der Waals surface area contributed by atoms with E-state index in [0.29, 0.717) is 22.3 Å². The summed E-state index contributed by atoms with van der Waals surface area (Å²) in [4.78, 5) is 11.2. The van der Waals surface area contributed by atoms with Crippen LogP contribution < -0.4 is 0 Å². The number of esters is 1. The van der Waals surface area contributed by atoms with E-state index in [1.54, 1.807) is 10.8 Å². The minimum Gasteiger partial charge on any atom is -0.466 e. The van der Waals surface area contributed by atoms with E-state index in [1.807, 2.05) is 31.2 Å². The van der Waals surface area contributed by atoms with Crippen LogP contribution in [-0.2, 0) is 16.1 Å². The Bertz CT molecular complexity index is 693. The van der Waals surface area contributed by atoms with Crippen LogP contribution in [0.15, 0.2) is 30.3 Å². The van der Waals surface area contributed by atoms with Gasteiger partial charge < -0.3 is 4.74 Å². The van der Waals surface area contributed by atoms with Gasteiger partial charge in [0.2, 0.25) is 0 Å². The van der Waals surface area contributed by atoms with Gasteiger partial charge in [-0.05, 0) is 24.6 Å². The molecule has 0 aliphatic rings. The standard InChI is InChI=1S/C15H14Cl2N2O2/c1-10-12(7-8-14(20)21-2)15(17)19(18-10)9-11-5-3-4-6-13(11)16/h3-8H,9H2,1-2H3/b8-7+. The highest BCUT2D eigenvalue weighted by molar-refractivity contribution is 6.32. The maximum Gasteiger partial charge on any atom is 0.330 e. The number of rotatable bonds is 4. The molecular weight excluding hydrogens is 311 g/mol. The maximum atomic E-state index is 11.2. The summed E-state index contributed by atoms with van der Waals surface area (Å²) in [7, 11) is 1.32. The number of ether oxygens (including phenoxy) is 1. The molecule has 0 N–H and O–H groups in total. The van der Waals surface area contributed by atoms with Gasteiger partial charge in [-0.3, -0.25) is 0 Å². The number of aryl methyl sites for hydroxylation is 1. The molecule has 110 valence electrons. The Labute approximate surface area is 132 Å². The van der Waals surface area contributed by atoms with Crippen molar-refractivity contribution in [3.63, 3.8) is 0 Å². The molecule has 0 aliphatic carbocycles. The molecule has 0 saturated heterocycles. The summed E-state index contributed by atoms with van der Waals surface area (Å²) in [6, 6.07) is 7.51. The fraction of sp³-hybridized carbons (Fsp3) is 0.200. The van der Waals surface area contributed by atoms with Crippen LogP contribution >= 0.6 is 23.2 Å². The number of nitrogens with zero attached hydrogens (tertiary/aromatic N) is 2. The first kappa shape index (κ1) is 15.6. The van der Waals surface area contributed by atoms with Crippen molar-refractivity contribution in [2.24, 2.45) is 0 Å². The number of aromatic nitrogens is 2. The minimum atomic E-state index is -0.440. The highest BCUT2D eigenvalue weighted by Crippen LogP contribution is 2.24. The predicted molar refractivity (Wildman–Crippen MR) is 83.6 cm³/mol.